The number of rotatable bonds is 1. The Morgan fingerprint density at radius 3 is 2.53 bits per heavy atom. The molecule has 2 aromatic heterocycles. The van der Waals surface area contributed by atoms with Crippen LogP contribution in [0.2, 0.25) is 0 Å². The van der Waals surface area contributed by atoms with Crippen LogP contribution < -0.4 is 0 Å². The van der Waals surface area contributed by atoms with Gasteiger partial charge in [-0.05, 0) is 23.1 Å². The third-order valence-corrected chi connectivity index (χ3v) is 2.36. The number of aromatic nitrogens is 3. The molecule has 0 radical (unpaired) electrons. The van der Waals surface area contributed by atoms with E-state index in [4.69, 9.17) is 0 Å². The van der Waals surface area contributed by atoms with E-state index in [1.54, 1.807) is 12.4 Å². The molecule has 3 nitrogen and oxygen atoms in total. The molecule has 0 N–H and O–H groups in total. The number of hydrogen-bond acceptors (Lipinski definition) is 2. The van der Waals surface area contributed by atoms with Gasteiger partial charge in [0, 0.05) is 12.4 Å². The van der Waals surface area contributed by atoms with Gasteiger partial charge in [0.15, 0.2) is 0 Å². The zero-order valence-electron chi connectivity index (χ0n) is 9.31. The van der Waals surface area contributed by atoms with E-state index in [2.05, 4.69) is 37.1 Å². The topological polar surface area (TPSA) is 30.7 Å². The second kappa shape index (κ2) is 3.50. The van der Waals surface area contributed by atoms with Crippen molar-refractivity contribution >= 4 is 0 Å². The fraction of sp³-hybridized carbons (Fsp3) is 0.333. The maximum Gasteiger partial charge on any atom is 0.0828 e. The summed E-state index contributed by atoms with van der Waals surface area (Å²) in [6.07, 6.45) is 7.53. The van der Waals surface area contributed by atoms with Crippen LogP contribution in [-0.4, -0.2) is 14.8 Å². The second-order valence-electron chi connectivity index (χ2n) is 4.63. The van der Waals surface area contributed by atoms with Crippen molar-refractivity contribution in [1.82, 2.24) is 14.8 Å². The van der Waals surface area contributed by atoms with Crippen molar-refractivity contribution in [1.29, 1.82) is 0 Å². The lowest BCUT2D eigenvalue weighted by molar-refractivity contribution is 0.590. The van der Waals surface area contributed by atoms with Gasteiger partial charge in [0.2, 0.25) is 0 Å². The Kier molecular flexibility index (Phi) is 2.31. The Labute approximate surface area is 89.8 Å². The molecule has 0 aromatic carbocycles. The number of nitrogens with zero attached hydrogens (tertiary/aromatic N) is 3. The number of hydrogen-bond donors (Lipinski definition) is 0. The van der Waals surface area contributed by atoms with Gasteiger partial charge >= 0.3 is 0 Å². The van der Waals surface area contributed by atoms with Crippen LogP contribution in [0.3, 0.4) is 0 Å². The lowest BCUT2D eigenvalue weighted by Gasteiger charge is -2.14. The first kappa shape index (κ1) is 9.90. The summed E-state index contributed by atoms with van der Waals surface area (Å²) in [6.45, 7) is 6.53. The van der Waals surface area contributed by atoms with Crippen molar-refractivity contribution in [3.05, 3.63) is 42.5 Å². The summed E-state index contributed by atoms with van der Waals surface area (Å²) in [4.78, 5) is 4.07. The SMILES string of the molecule is CC(C)(C)c1cnn(-c2cccnc2)c1. The molecule has 2 rings (SSSR count). The van der Waals surface area contributed by atoms with Crippen LogP contribution in [0.1, 0.15) is 26.3 Å². The van der Waals surface area contributed by atoms with Crippen LogP contribution in [-0.2, 0) is 5.41 Å². The van der Waals surface area contributed by atoms with Gasteiger partial charge in [-0.25, -0.2) is 4.68 Å². The van der Waals surface area contributed by atoms with E-state index in [9.17, 15) is 0 Å². The minimum absolute atomic E-state index is 0.139. The first-order valence-electron chi connectivity index (χ1n) is 5.03. The van der Waals surface area contributed by atoms with Crippen LogP contribution in [0, 0.1) is 0 Å². The van der Waals surface area contributed by atoms with E-state index < -0.39 is 0 Å². The van der Waals surface area contributed by atoms with Crippen LogP contribution >= 0.6 is 0 Å². The van der Waals surface area contributed by atoms with Crippen molar-refractivity contribution < 1.29 is 0 Å². The third kappa shape index (κ3) is 2.06. The van der Waals surface area contributed by atoms with Crippen molar-refractivity contribution in [2.45, 2.75) is 26.2 Å². The van der Waals surface area contributed by atoms with Crippen LogP contribution in [0.15, 0.2) is 36.9 Å². The average molecular weight is 201 g/mol. The molecule has 2 heterocycles. The highest BCUT2D eigenvalue weighted by molar-refractivity contribution is 5.29. The van der Waals surface area contributed by atoms with E-state index in [1.165, 1.54) is 5.56 Å². The first-order chi connectivity index (χ1) is 7.07. The normalized spacial score (nSPS) is 11.7. The number of pyridine rings is 1. The van der Waals surface area contributed by atoms with Crippen LogP contribution in [0.25, 0.3) is 5.69 Å². The monoisotopic (exact) mass is 201 g/mol. The first-order valence-corrected chi connectivity index (χ1v) is 5.03. The molecule has 3 heteroatoms. The van der Waals surface area contributed by atoms with Crippen molar-refractivity contribution in [2.24, 2.45) is 0 Å². The fourth-order valence-corrected chi connectivity index (χ4v) is 1.34. The molecule has 0 unspecified atom stereocenters. The van der Waals surface area contributed by atoms with Crippen LogP contribution in [0.5, 0.6) is 0 Å². The molecular formula is C12H15N3. The van der Waals surface area contributed by atoms with E-state index in [0.29, 0.717) is 0 Å². The third-order valence-electron chi connectivity index (χ3n) is 2.36. The lowest BCUT2D eigenvalue weighted by Crippen LogP contribution is -2.09. The second-order valence-corrected chi connectivity index (χ2v) is 4.63. The lowest BCUT2D eigenvalue weighted by atomic mass is 9.90. The van der Waals surface area contributed by atoms with Gasteiger partial charge in [0.1, 0.15) is 0 Å². The quantitative estimate of drug-likeness (QED) is 0.710. The summed E-state index contributed by atoms with van der Waals surface area (Å²) >= 11 is 0. The van der Waals surface area contributed by atoms with E-state index >= 15 is 0 Å². The molecule has 0 bridgehead atoms. The maximum absolute atomic E-state index is 4.33. The molecule has 0 saturated carbocycles. The molecule has 0 saturated heterocycles. The Hall–Kier alpha value is -1.64. The Bertz CT molecular complexity index is 437. The molecule has 0 aliphatic carbocycles. The Balaban J connectivity index is 2.37. The molecule has 0 aliphatic rings. The molecular weight excluding hydrogens is 186 g/mol. The highest BCUT2D eigenvalue weighted by Crippen LogP contribution is 2.21. The van der Waals surface area contributed by atoms with Gasteiger partial charge in [-0.3, -0.25) is 4.98 Å². The largest absolute Gasteiger partial charge is 0.262 e. The van der Waals surface area contributed by atoms with E-state index in [1.807, 2.05) is 23.0 Å². The standard InChI is InChI=1S/C12H15N3/c1-12(2,3)10-7-14-15(9-10)11-5-4-6-13-8-11/h4-9H,1-3H3. The van der Waals surface area contributed by atoms with Crippen molar-refractivity contribution in [3.63, 3.8) is 0 Å². The van der Waals surface area contributed by atoms with Gasteiger partial charge in [-0.2, -0.15) is 5.10 Å². The van der Waals surface area contributed by atoms with Gasteiger partial charge < -0.3 is 0 Å². The smallest absolute Gasteiger partial charge is 0.0828 e. The zero-order chi connectivity index (χ0) is 10.9. The molecule has 15 heavy (non-hydrogen) atoms. The minimum atomic E-state index is 0.139. The van der Waals surface area contributed by atoms with Gasteiger partial charge in [-0.1, -0.05) is 20.8 Å². The summed E-state index contributed by atoms with van der Waals surface area (Å²) in [6, 6.07) is 3.90. The predicted molar refractivity (Wildman–Crippen MR) is 60.1 cm³/mol. The molecule has 0 fully saturated rings. The predicted octanol–water partition coefficient (Wildman–Crippen LogP) is 2.56. The summed E-state index contributed by atoms with van der Waals surface area (Å²) in [5, 5.41) is 4.33. The Morgan fingerprint density at radius 2 is 2.00 bits per heavy atom. The van der Waals surface area contributed by atoms with Gasteiger partial charge in [0.05, 0.1) is 18.1 Å². The molecule has 0 amide bonds. The highest BCUT2D eigenvalue weighted by atomic mass is 15.3. The van der Waals surface area contributed by atoms with E-state index in [0.717, 1.165) is 5.69 Å². The van der Waals surface area contributed by atoms with Crippen molar-refractivity contribution in [3.8, 4) is 5.69 Å². The minimum Gasteiger partial charge on any atom is -0.262 e. The van der Waals surface area contributed by atoms with Crippen molar-refractivity contribution in [2.75, 3.05) is 0 Å². The highest BCUT2D eigenvalue weighted by Gasteiger charge is 2.15. The molecule has 0 aliphatic heterocycles. The zero-order valence-corrected chi connectivity index (χ0v) is 9.31. The Morgan fingerprint density at radius 1 is 1.20 bits per heavy atom. The molecule has 78 valence electrons. The fourth-order valence-electron chi connectivity index (χ4n) is 1.34. The molecule has 0 spiro atoms. The summed E-state index contributed by atoms with van der Waals surface area (Å²) in [5.74, 6) is 0. The average Bonchev–Trinajstić information content (AvgIpc) is 2.67. The summed E-state index contributed by atoms with van der Waals surface area (Å²) in [7, 11) is 0. The summed E-state index contributed by atoms with van der Waals surface area (Å²) in [5.41, 5.74) is 2.36. The van der Waals surface area contributed by atoms with Crippen LogP contribution in [0.4, 0.5) is 0 Å². The molecule has 2 aromatic rings. The van der Waals surface area contributed by atoms with Gasteiger partial charge in [-0.15, -0.1) is 0 Å². The van der Waals surface area contributed by atoms with E-state index in [-0.39, 0.29) is 5.41 Å². The summed E-state index contributed by atoms with van der Waals surface area (Å²) < 4.78 is 1.85. The maximum atomic E-state index is 4.33. The van der Waals surface area contributed by atoms with Gasteiger partial charge in [0.25, 0.3) is 0 Å². The molecule has 0 atom stereocenters.